The van der Waals surface area contributed by atoms with Crippen molar-refractivity contribution in [1.29, 1.82) is 0 Å². The summed E-state index contributed by atoms with van der Waals surface area (Å²) in [4.78, 5) is 9.19. The van der Waals surface area contributed by atoms with Gasteiger partial charge in [-0.25, -0.2) is 0 Å². The van der Waals surface area contributed by atoms with E-state index in [4.69, 9.17) is 8.83 Å². The highest BCUT2D eigenvalue weighted by Gasteiger charge is 2.24. The van der Waals surface area contributed by atoms with Crippen molar-refractivity contribution in [3.05, 3.63) is 406 Å². The summed E-state index contributed by atoms with van der Waals surface area (Å²) in [5, 5.41) is 15.4. The van der Waals surface area contributed by atoms with Crippen LogP contribution in [0, 0.1) is 0 Å². The standard InChI is InChI=1S/C53H42N2OSi.C50H34N2O/c1-57(2,3)45-31-28-43(29-32-45)55(41-19-11-6-12-20-41)44-30-34-49-51(36-44)56-53-48-33-25-38(35-50(48)46-21-13-14-22-47(46)52(49)53)37-23-26-42(27-24-37)54(39-15-7-4-8-16-39)40-17-9-5-10-18-40;1-5-15-37(16-6-1)51(38-17-7-2-8-18-38)41-28-25-35(26-29-41)36-27-31-45-47(33-36)43-23-13-14-24-44(43)49-46-32-30-42(34-48(46)53-50(45)49)52(39-19-9-3-10-20-39)40-21-11-4-12-22-40/h4-36H,1-3H3;1-34H. The predicted octanol–water partition coefficient (Wildman–Crippen LogP) is 29.5. The molecule has 2 aromatic heterocycles. The van der Waals surface area contributed by atoms with Crippen LogP contribution in [0.4, 0.5) is 68.2 Å². The number of furan rings is 2. The summed E-state index contributed by atoms with van der Waals surface area (Å²) in [7, 11) is -1.44. The Bertz CT molecular complexity index is 6600. The van der Waals surface area contributed by atoms with E-state index in [1.807, 2.05) is 0 Å². The Kier molecular flexibility index (Phi) is 17.2. The molecule has 0 bridgehead atoms. The zero-order chi connectivity index (χ0) is 73.7. The Labute approximate surface area is 641 Å². The molecule has 7 heteroatoms. The third-order valence-electron chi connectivity index (χ3n) is 21.4. The lowest BCUT2D eigenvalue weighted by Gasteiger charge is -2.26. The molecule has 0 amide bonds. The number of rotatable bonds is 15. The first-order valence-electron chi connectivity index (χ1n) is 37.7. The zero-order valence-electron chi connectivity index (χ0n) is 61.3. The summed E-state index contributed by atoms with van der Waals surface area (Å²) in [6.45, 7) is 7.18. The molecule has 0 fully saturated rings. The molecule has 20 aromatic rings. The molecule has 110 heavy (non-hydrogen) atoms. The molecule has 6 nitrogen and oxygen atoms in total. The summed E-state index contributed by atoms with van der Waals surface area (Å²) in [5.41, 5.74) is 21.5. The number of benzene rings is 18. The van der Waals surface area contributed by atoms with Crippen molar-refractivity contribution in [3.63, 3.8) is 0 Å². The average molecular weight is 1430 g/mol. The van der Waals surface area contributed by atoms with Gasteiger partial charge in [0.25, 0.3) is 0 Å². The highest BCUT2D eigenvalue weighted by atomic mass is 28.3. The van der Waals surface area contributed by atoms with Gasteiger partial charge in [0.05, 0.1) is 8.07 Å². The Morgan fingerprint density at radius 2 is 0.418 bits per heavy atom. The molecule has 0 aliphatic heterocycles. The van der Waals surface area contributed by atoms with E-state index in [9.17, 15) is 0 Å². The molecule has 0 saturated carbocycles. The minimum absolute atomic E-state index is 0.869. The van der Waals surface area contributed by atoms with Gasteiger partial charge in [0.1, 0.15) is 22.3 Å². The second kappa shape index (κ2) is 28.4. The number of fused-ring (bicyclic) bond motifs is 16. The number of hydrogen-bond acceptors (Lipinski definition) is 6. The maximum atomic E-state index is 6.95. The largest absolute Gasteiger partial charge is 0.455 e. The monoisotopic (exact) mass is 1430 g/mol. The van der Waals surface area contributed by atoms with Crippen LogP contribution in [0.15, 0.2) is 415 Å². The molecule has 0 radical (unpaired) electrons. The van der Waals surface area contributed by atoms with Gasteiger partial charge >= 0.3 is 0 Å². The van der Waals surface area contributed by atoms with Crippen LogP contribution >= 0.6 is 0 Å². The van der Waals surface area contributed by atoms with Crippen LogP contribution in [0.25, 0.3) is 109 Å². The summed E-state index contributed by atoms with van der Waals surface area (Å²) in [6.07, 6.45) is 0. The van der Waals surface area contributed by atoms with Gasteiger partial charge in [0, 0.05) is 113 Å². The van der Waals surface area contributed by atoms with Gasteiger partial charge in [0.15, 0.2) is 0 Å². The Morgan fingerprint density at radius 3 is 0.718 bits per heavy atom. The first-order valence-corrected chi connectivity index (χ1v) is 41.2. The maximum Gasteiger partial charge on any atom is 0.143 e. The van der Waals surface area contributed by atoms with Crippen molar-refractivity contribution in [2.75, 3.05) is 19.6 Å². The van der Waals surface area contributed by atoms with Crippen LogP contribution in [0.2, 0.25) is 19.6 Å². The third-order valence-corrected chi connectivity index (χ3v) is 23.4. The molecule has 18 aromatic carbocycles. The molecular formula is C103H76N4O2Si. The molecule has 0 unspecified atom stereocenters. The molecule has 0 N–H and O–H groups in total. The van der Waals surface area contributed by atoms with Gasteiger partial charge in [-0.15, -0.1) is 0 Å². The zero-order valence-corrected chi connectivity index (χ0v) is 62.3. The molecule has 0 spiro atoms. The molecule has 2 heterocycles. The molecule has 0 atom stereocenters. The van der Waals surface area contributed by atoms with Gasteiger partial charge in [0.2, 0.25) is 0 Å². The molecule has 20 rings (SSSR count). The Morgan fingerprint density at radius 1 is 0.182 bits per heavy atom. The normalized spacial score (nSPS) is 11.6. The van der Waals surface area contributed by atoms with Crippen molar-refractivity contribution in [1.82, 2.24) is 0 Å². The van der Waals surface area contributed by atoms with Crippen molar-refractivity contribution in [2.45, 2.75) is 19.6 Å². The second-order valence-corrected chi connectivity index (χ2v) is 34.2. The molecule has 0 saturated heterocycles. The SMILES string of the molecule is C[Si](C)(C)c1ccc(N(c2ccccc2)c2ccc3c(c2)oc2c4ccc(-c5ccc(N(c6ccccc6)c6ccccc6)cc5)cc4c4ccccc4c32)cc1.c1ccc(N(c2ccccc2)c2ccc(-c3ccc4c(c3)c3ccccc3c3c5ccc(N(c6ccccc6)c6ccccc6)cc5oc43)cc2)cc1. The van der Waals surface area contributed by atoms with Crippen LogP contribution in [0.1, 0.15) is 0 Å². The summed E-state index contributed by atoms with van der Waals surface area (Å²) in [6, 6.07) is 145. The van der Waals surface area contributed by atoms with Gasteiger partial charge < -0.3 is 28.4 Å². The van der Waals surface area contributed by atoms with Gasteiger partial charge in [-0.3, -0.25) is 0 Å². The summed E-state index contributed by atoms with van der Waals surface area (Å²) >= 11 is 0. The van der Waals surface area contributed by atoms with E-state index in [2.05, 4.69) is 446 Å². The van der Waals surface area contributed by atoms with Crippen molar-refractivity contribution in [2.24, 2.45) is 0 Å². The quantitative estimate of drug-likeness (QED) is 0.0752. The van der Waals surface area contributed by atoms with E-state index < -0.39 is 8.07 Å². The molecule has 0 aliphatic rings. The summed E-state index contributed by atoms with van der Waals surface area (Å²) in [5.74, 6) is 0. The summed E-state index contributed by atoms with van der Waals surface area (Å²) < 4.78 is 13.8. The van der Waals surface area contributed by atoms with E-state index in [1.165, 1.54) is 54.2 Å². The highest BCUT2D eigenvalue weighted by molar-refractivity contribution is 6.88. The van der Waals surface area contributed by atoms with Crippen LogP contribution < -0.4 is 24.8 Å². The van der Waals surface area contributed by atoms with Crippen LogP contribution in [0.5, 0.6) is 0 Å². The third kappa shape index (κ3) is 12.4. The fraction of sp³-hybridized carbons (Fsp3) is 0.0291. The smallest absolute Gasteiger partial charge is 0.143 e. The van der Waals surface area contributed by atoms with E-state index in [-0.39, 0.29) is 0 Å². The highest BCUT2D eigenvalue weighted by Crippen LogP contribution is 2.48. The van der Waals surface area contributed by atoms with Gasteiger partial charge in [-0.05, 0) is 224 Å². The number of anilines is 12. The van der Waals surface area contributed by atoms with E-state index in [1.54, 1.807) is 0 Å². The Hall–Kier alpha value is -14.0. The minimum Gasteiger partial charge on any atom is -0.455 e. The van der Waals surface area contributed by atoms with E-state index in [0.29, 0.717) is 0 Å². The fourth-order valence-corrected chi connectivity index (χ4v) is 17.2. The second-order valence-electron chi connectivity index (χ2n) is 29.2. The van der Waals surface area contributed by atoms with Crippen molar-refractivity contribution < 1.29 is 8.83 Å². The maximum absolute atomic E-state index is 6.95. The lowest BCUT2D eigenvalue weighted by molar-refractivity contribution is 0.672. The molecule has 0 aliphatic carbocycles. The molecular weight excluding hydrogens is 1350 g/mol. The minimum atomic E-state index is -1.44. The first-order chi connectivity index (χ1) is 54.2. The predicted molar refractivity (Wildman–Crippen MR) is 470 cm³/mol. The lowest BCUT2D eigenvalue weighted by atomic mass is 9.94. The van der Waals surface area contributed by atoms with Gasteiger partial charge in [-0.1, -0.05) is 249 Å². The van der Waals surface area contributed by atoms with Gasteiger partial charge in [-0.2, -0.15) is 0 Å². The van der Waals surface area contributed by atoms with Crippen LogP contribution in [0.3, 0.4) is 0 Å². The lowest BCUT2D eigenvalue weighted by Crippen LogP contribution is -2.37. The number of nitrogens with zero attached hydrogens (tertiary/aromatic N) is 4. The number of hydrogen-bond donors (Lipinski definition) is 0. The molecule has 524 valence electrons. The Balaban J connectivity index is 0.000000149. The van der Waals surface area contributed by atoms with Crippen LogP contribution in [-0.4, -0.2) is 8.07 Å². The van der Waals surface area contributed by atoms with E-state index >= 15 is 0 Å². The average Bonchev–Trinajstić information content (AvgIpc) is 1.54. The van der Waals surface area contributed by atoms with Crippen molar-refractivity contribution in [3.8, 4) is 22.3 Å². The fourth-order valence-electron chi connectivity index (χ4n) is 16.1. The first kappa shape index (κ1) is 66.7. The number of para-hydroxylation sites is 7. The van der Waals surface area contributed by atoms with Crippen molar-refractivity contribution >= 4 is 168 Å². The van der Waals surface area contributed by atoms with Crippen LogP contribution in [-0.2, 0) is 0 Å². The topological polar surface area (TPSA) is 39.2 Å². The van der Waals surface area contributed by atoms with E-state index in [0.717, 1.165) is 128 Å².